The van der Waals surface area contributed by atoms with E-state index in [4.69, 9.17) is 0 Å². The van der Waals surface area contributed by atoms with Gasteiger partial charge < -0.3 is 9.47 Å². The average molecular weight is 253 g/mol. The van der Waals surface area contributed by atoms with Crippen LogP contribution in [0, 0.1) is 0 Å². The van der Waals surface area contributed by atoms with Crippen molar-refractivity contribution in [3.8, 4) is 11.6 Å². The van der Waals surface area contributed by atoms with Gasteiger partial charge in [-0.2, -0.15) is 0 Å². The highest BCUT2D eigenvalue weighted by Crippen LogP contribution is 2.34. The van der Waals surface area contributed by atoms with E-state index < -0.39 is 24.7 Å². The molecule has 4 nitrogen and oxygen atoms in total. The smallest absolute Gasteiger partial charge is 0.491 e. The van der Waals surface area contributed by atoms with Crippen molar-refractivity contribution in [2.45, 2.75) is 13.0 Å². The van der Waals surface area contributed by atoms with Crippen LogP contribution in [0.3, 0.4) is 0 Å². The van der Waals surface area contributed by atoms with Gasteiger partial charge in [-0.05, 0) is 0 Å². The molecule has 0 fully saturated rings. The minimum Gasteiger partial charge on any atom is -0.491 e. The maximum atomic E-state index is 12.6. The number of carbonyl (C=O) groups excluding carboxylic acids is 1. The van der Waals surface area contributed by atoms with E-state index in [1.165, 1.54) is 0 Å². The Hall–Kier alpha value is -1.86. The second-order valence-corrected chi connectivity index (χ2v) is 2.83. The fraction of sp³-hybridized carbons (Fsp3) is 0.333. The molecule has 94 valence electrons. The predicted molar refractivity (Wildman–Crippen MR) is 47.7 cm³/mol. The Labute approximate surface area is 93.2 Å². The van der Waals surface area contributed by atoms with E-state index in [0.29, 0.717) is 0 Å². The Kier molecular flexibility index (Phi) is 3.87. The van der Waals surface area contributed by atoms with E-state index in [1.807, 2.05) is 0 Å². The molecular weight excluding hydrogens is 246 g/mol. The highest BCUT2D eigenvalue weighted by Gasteiger charge is 2.34. The van der Waals surface area contributed by atoms with Crippen molar-refractivity contribution in [1.82, 2.24) is 4.98 Å². The number of alkyl halides is 4. The molecule has 8 heteroatoms. The molecule has 0 aliphatic carbocycles. The number of hydrogen-bond acceptors (Lipinski definition) is 4. The molecular formula is C9H7F4NO3. The topological polar surface area (TPSA) is 48.4 Å². The monoisotopic (exact) mass is 253 g/mol. The standard InChI is InChI=1S/C9H7F4NO3/c1-16-7-6(2-10)5(4-15)3-14-8(7)17-9(11,12)13/h3-4H,2H2,1H3. The third-order valence-corrected chi connectivity index (χ3v) is 1.81. The van der Waals surface area contributed by atoms with E-state index in [0.717, 1.165) is 13.3 Å². The summed E-state index contributed by atoms with van der Waals surface area (Å²) >= 11 is 0. The van der Waals surface area contributed by atoms with Crippen molar-refractivity contribution in [3.63, 3.8) is 0 Å². The zero-order valence-corrected chi connectivity index (χ0v) is 8.55. The molecule has 1 aromatic heterocycles. The number of carbonyl (C=O) groups is 1. The van der Waals surface area contributed by atoms with Crippen molar-refractivity contribution in [3.05, 3.63) is 17.3 Å². The summed E-state index contributed by atoms with van der Waals surface area (Å²) in [5.41, 5.74) is -0.532. The normalized spacial score (nSPS) is 11.1. The highest BCUT2D eigenvalue weighted by molar-refractivity contribution is 5.78. The molecule has 0 atom stereocenters. The van der Waals surface area contributed by atoms with Gasteiger partial charge in [0.25, 0.3) is 5.88 Å². The third-order valence-electron chi connectivity index (χ3n) is 1.81. The van der Waals surface area contributed by atoms with Crippen LogP contribution >= 0.6 is 0 Å². The van der Waals surface area contributed by atoms with Crippen LogP contribution in [0.2, 0.25) is 0 Å². The van der Waals surface area contributed by atoms with Crippen LogP contribution in [-0.4, -0.2) is 24.7 Å². The molecule has 0 spiro atoms. The van der Waals surface area contributed by atoms with Gasteiger partial charge in [-0.3, -0.25) is 4.79 Å². The lowest BCUT2D eigenvalue weighted by Crippen LogP contribution is -2.19. The summed E-state index contributed by atoms with van der Waals surface area (Å²) in [6, 6.07) is 0. The van der Waals surface area contributed by atoms with Gasteiger partial charge in [0.1, 0.15) is 6.67 Å². The number of hydrogen-bond donors (Lipinski definition) is 0. The Morgan fingerprint density at radius 1 is 1.47 bits per heavy atom. The van der Waals surface area contributed by atoms with Crippen LogP contribution in [-0.2, 0) is 6.67 Å². The first-order chi connectivity index (χ1) is 7.92. The number of rotatable bonds is 4. The molecule has 0 N–H and O–H groups in total. The van der Waals surface area contributed by atoms with Gasteiger partial charge in [0.15, 0.2) is 12.0 Å². The summed E-state index contributed by atoms with van der Waals surface area (Å²) in [6.07, 6.45) is -3.93. The van der Waals surface area contributed by atoms with Gasteiger partial charge in [-0.25, -0.2) is 9.37 Å². The summed E-state index contributed by atoms with van der Waals surface area (Å²) < 4.78 is 56.7. The molecule has 0 aliphatic heterocycles. The number of halogens is 4. The van der Waals surface area contributed by atoms with Gasteiger partial charge in [0.05, 0.1) is 7.11 Å². The molecule has 0 amide bonds. The van der Waals surface area contributed by atoms with Crippen LogP contribution < -0.4 is 9.47 Å². The van der Waals surface area contributed by atoms with E-state index in [9.17, 15) is 22.4 Å². The number of nitrogens with zero attached hydrogens (tertiary/aromatic N) is 1. The van der Waals surface area contributed by atoms with Crippen molar-refractivity contribution < 1.29 is 31.8 Å². The molecule has 1 heterocycles. The Balaban J connectivity index is 3.28. The Morgan fingerprint density at radius 2 is 2.12 bits per heavy atom. The van der Waals surface area contributed by atoms with E-state index in [1.54, 1.807) is 0 Å². The number of methoxy groups -OCH3 is 1. The van der Waals surface area contributed by atoms with E-state index in [-0.39, 0.29) is 17.4 Å². The molecule has 1 aromatic rings. The summed E-state index contributed by atoms with van der Waals surface area (Å²) in [7, 11) is 1.02. The van der Waals surface area contributed by atoms with E-state index >= 15 is 0 Å². The number of aromatic nitrogens is 1. The second-order valence-electron chi connectivity index (χ2n) is 2.83. The lowest BCUT2D eigenvalue weighted by atomic mass is 10.1. The number of pyridine rings is 1. The van der Waals surface area contributed by atoms with Gasteiger partial charge in [-0.15, -0.1) is 13.2 Å². The fourth-order valence-corrected chi connectivity index (χ4v) is 1.16. The largest absolute Gasteiger partial charge is 0.574 e. The van der Waals surface area contributed by atoms with Gasteiger partial charge in [0.2, 0.25) is 0 Å². The van der Waals surface area contributed by atoms with Crippen LogP contribution in [0.15, 0.2) is 6.20 Å². The Morgan fingerprint density at radius 3 is 2.53 bits per heavy atom. The van der Waals surface area contributed by atoms with Crippen LogP contribution in [0.1, 0.15) is 15.9 Å². The highest BCUT2D eigenvalue weighted by atomic mass is 19.4. The molecule has 0 aliphatic rings. The van der Waals surface area contributed by atoms with Gasteiger partial charge in [-0.1, -0.05) is 0 Å². The lowest BCUT2D eigenvalue weighted by molar-refractivity contribution is -0.276. The molecule has 0 bridgehead atoms. The number of aldehydes is 1. The fourth-order valence-electron chi connectivity index (χ4n) is 1.16. The second kappa shape index (κ2) is 4.98. The molecule has 0 unspecified atom stereocenters. The van der Waals surface area contributed by atoms with Gasteiger partial charge >= 0.3 is 6.36 Å². The quantitative estimate of drug-likeness (QED) is 0.610. The average Bonchev–Trinajstić information content (AvgIpc) is 2.26. The zero-order chi connectivity index (χ0) is 13.1. The molecule has 0 aromatic carbocycles. The van der Waals surface area contributed by atoms with Crippen molar-refractivity contribution in [2.75, 3.05) is 7.11 Å². The van der Waals surface area contributed by atoms with Crippen LogP contribution in [0.4, 0.5) is 17.6 Å². The van der Waals surface area contributed by atoms with Crippen LogP contribution in [0.25, 0.3) is 0 Å². The van der Waals surface area contributed by atoms with Crippen molar-refractivity contribution in [2.24, 2.45) is 0 Å². The minimum atomic E-state index is -4.98. The summed E-state index contributed by atoms with van der Waals surface area (Å²) in [6.45, 7) is -1.17. The maximum absolute atomic E-state index is 12.6. The first-order valence-corrected chi connectivity index (χ1v) is 4.25. The molecule has 1 rings (SSSR count). The SMILES string of the molecule is COc1c(OC(F)(F)F)ncc(C=O)c1CF. The minimum absolute atomic E-state index is 0.195. The third kappa shape index (κ3) is 3.05. The molecule has 0 saturated carbocycles. The van der Waals surface area contributed by atoms with Crippen molar-refractivity contribution >= 4 is 6.29 Å². The van der Waals surface area contributed by atoms with Gasteiger partial charge in [0, 0.05) is 17.3 Å². The van der Waals surface area contributed by atoms with E-state index in [2.05, 4.69) is 14.5 Å². The number of ether oxygens (including phenoxy) is 2. The molecule has 0 saturated heterocycles. The predicted octanol–water partition coefficient (Wildman–Crippen LogP) is 2.27. The first kappa shape index (κ1) is 13.2. The Bertz CT molecular complexity index is 419. The molecule has 17 heavy (non-hydrogen) atoms. The summed E-state index contributed by atoms with van der Waals surface area (Å²) in [5.74, 6) is -1.48. The van der Waals surface area contributed by atoms with Crippen molar-refractivity contribution in [1.29, 1.82) is 0 Å². The lowest BCUT2D eigenvalue weighted by Gasteiger charge is -2.14. The summed E-state index contributed by atoms with van der Waals surface area (Å²) in [4.78, 5) is 13.8. The molecule has 0 radical (unpaired) electrons. The first-order valence-electron chi connectivity index (χ1n) is 4.25. The summed E-state index contributed by atoms with van der Waals surface area (Å²) in [5, 5.41) is 0. The maximum Gasteiger partial charge on any atom is 0.574 e. The zero-order valence-electron chi connectivity index (χ0n) is 8.55. The van der Waals surface area contributed by atoms with Crippen LogP contribution in [0.5, 0.6) is 11.6 Å².